The van der Waals surface area contributed by atoms with E-state index >= 15 is 0 Å². The first-order chi connectivity index (χ1) is 5.03. The first-order valence-electron chi connectivity index (χ1n) is 4.79. The molecule has 0 radical (unpaired) electrons. The van der Waals surface area contributed by atoms with Crippen molar-refractivity contribution in [3.8, 4) is 0 Å². The van der Waals surface area contributed by atoms with E-state index in [1.807, 2.05) is 0 Å². The van der Waals surface area contributed by atoms with Crippen LogP contribution in [-0.4, -0.2) is 6.04 Å². The smallest absolute Gasteiger partial charge is 0.00702 e. The molecule has 1 nitrogen and oxygen atoms in total. The number of hydrogen-bond donors (Lipinski definition) is 1. The molecule has 0 aromatic heterocycles. The second-order valence-corrected chi connectivity index (χ2v) is 5.12. The standard InChI is InChI=1S/C10H19N/c1-6-8-4-7(5-9(6)11)10(8,2)3/h6-9H,4-5,11H2,1-3H3/t6-,7+,8-,9-/m0/s1. The van der Waals surface area contributed by atoms with Gasteiger partial charge in [0.1, 0.15) is 0 Å². The minimum absolute atomic E-state index is 0.492. The Morgan fingerprint density at radius 2 is 1.91 bits per heavy atom. The summed E-state index contributed by atoms with van der Waals surface area (Å²) < 4.78 is 0. The molecule has 0 unspecified atom stereocenters. The van der Waals surface area contributed by atoms with Crippen LogP contribution in [0.25, 0.3) is 0 Å². The van der Waals surface area contributed by atoms with Crippen molar-refractivity contribution in [2.24, 2.45) is 28.9 Å². The van der Waals surface area contributed by atoms with E-state index < -0.39 is 0 Å². The lowest BCUT2D eigenvalue weighted by Crippen LogP contribution is -2.58. The molecule has 0 saturated heterocycles. The second-order valence-electron chi connectivity index (χ2n) is 5.12. The van der Waals surface area contributed by atoms with Crippen LogP contribution in [0.4, 0.5) is 0 Å². The lowest BCUT2D eigenvalue weighted by atomic mass is 9.45. The Morgan fingerprint density at radius 3 is 2.27 bits per heavy atom. The molecule has 3 saturated carbocycles. The lowest BCUT2D eigenvalue weighted by molar-refractivity contribution is -0.108. The van der Waals surface area contributed by atoms with Gasteiger partial charge in [-0.1, -0.05) is 20.8 Å². The van der Waals surface area contributed by atoms with E-state index in [1.165, 1.54) is 12.8 Å². The van der Waals surface area contributed by atoms with Crippen LogP contribution in [0.5, 0.6) is 0 Å². The van der Waals surface area contributed by atoms with Crippen molar-refractivity contribution >= 4 is 0 Å². The molecule has 0 aliphatic heterocycles. The number of rotatable bonds is 0. The van der Waals surface area contributed by atoms with Crippen LogP contribution in [-0.2, 0) is 0 Å². The molecule has 2 bridgehead atoms. The zero-order valence-electron chi connectivity index (χ0n) is 7.80. The Balaban J connectivity index is 2.17. The largest absolute Gasteiger partial charge is 0.327 e. The highest BCUT2D eigenvalue weighted by molar-refractivity contribution is 5.06. The molecule has 0 spiro atoms. The Morgan fingerprint density at radius 1 is 1.27 bits per heavy atom. The van der Waals surface area contributed by atoms with Gasteiger partial charge >= 0.3 is 0 Å². The van der Waals surface area contributed by atoms with Crippen LogP contribution in [0.3, 0.4) is 0 Å². The second kappa shape index (κ2) is 2.01. The highest BCUT2D eigenvalue weighted by atomic mass is 14.7. The molecule has 4 atom stereocenters. The van der Waals surface area contributed by atoms with Crippen LogP contribution < -0.4 is 5.73 Å². The molecular formula is C10H19N. The zero-order valence-corrected chi connectivity index (χ0v) is 7.80. The Kier molecular flexibility index (Phi) is 1.39. The first kappa shape index (κ1) is 7.60. The highest BCUT2D eigenvalue weighted by Crippen LogP contribution is 2.60. The van der Waals surface area contributed by atoms with Gasteiger partial charge in [0.05, 0.1) is 0 Å². The van der Waals surface area contributed by atoms with Crippen molar-refractivity contribution in [2.75, 3.05) is 0 Å². The molecule has 3 aliphatic carbocycles. The lowest BCUT2D eigenvalue weighted by Gasteiger charge is -2.61. The van der Waals surface area contributed by atoms with Crippen LogP contribution in [0.1, 0.15) is 33.6 Å². The van der Waals surface area contributed by atoms with Crippen LogP contribution in [0.15, 0.2) is 0 Å². The summed E-state index contributed by atoms with van der Waals surface area (Å²) in [4.78, 5) is 0. The van der Waals surface area contributed by atoms with E-state index in [9.17, 15) is 0 Å². The molecule has 0 aromatic rings. The Bertz CT molecular complexity index is 174. The van der Waals surface area contributed by atoms with E-state index in [1.54, 1.807) is 0 Å². The van der Waals surface area contributed by atoms with Gasteiger partial charge < -0.3 is 5.73 Å². The third-order valence-electron chi connectivity index (χ3n) is 4.41. The molecule has 0 amide bonds. The van der Waals surface area contributed by atoms with Gasteiger partial charge in [0.15, 0.2) is 0 Å². The summed E-state index contributed by atoms with van der Waals surface area (Å²) in [5, 5.41) is 0. The summed E-state index contributed by atoms with van der Waals surface area (Å²) in [7, 11) is 0. The van der Waals surface area contributed by atoms with E-state index in [0.29, 0.717) is 11.5 Å². The average molecular weight is 153 g/mol. The maximum absolute atomic E-state index is 6.02. The van der Waals surface area contributed by atoms with Crippen molar-refractivity contribution in [1.82, 2.24) is 0 Å². The molecule has 0 aromatic carbocycles. The minimum atomic E-state index is 0.492. The summed E-state index contributed by atoms with van der Waals surface area (Å²) in [6.07, 6.45) is 2.71. The van der Waals surface area contributed by atoms with Gasteiger partial charge in [0, 0.05) is 6.04 Å². The van der Waals surface area contributed by atoms with Crippen molar-refractivity contribution < 1.29 is 0 Å². The SMILES string of the molecule is C[C@@H]1[C@@H](N)C[C@H]2C[C@@H]1C2(C)C. The van der Waals surface area contributed by atoms with Crippen LogP contribution in [0.2, 0.25) is 0 Å². The number of hydrogen-bond acceptors (Lipinski definition) is 1. The van der Waals surface area contributed by atoms with E-state index in [-0.39, 0.29) is 0 Å². The first-order valence-corrected chi connectivity index (χ1v) is 4.79. The summed E-state index contributed by atoms with van der Waals surface area (Å²) in [6.45, 7) is 7.15. The van der Waals surface area contributed by atoms with Gasteiger partial charge in [-0.3, -0.25) is 0 Å². The summed E-state index contributed by atoms with van der Waals surface area (Å²) in [5.41, 5.74) is 6.63. The maximum Gasteiger partial charge on any atom is 0.00702 e. The van der Waals surface area contributed by atoms with E-state index in [4.69, 9.17) is 5.73 Å². The predicted molar refractivity (Wildman–Crippen MR) is 47.1 cm³/mol. The van der Waals surface area contributed by atoms with Gasteiger partial charge in [-0.05, 0) is 36.0 Å². The summed E-state index contributed by atoms with van der Waals surface area (Å²) in [5.74, 6) is 2.60. The fourth-order valence-corrected chi connectivity index (χ4v) is 3.19. The Labute approximate surface area is 69.4 Å². The fraction of sp³-hybridized carbons (Fsp3) is 1.00. The van der Waals surface area contributed by atoms with Gasteiger partial charge in [-0.25, -0.2) is 0 Å². The van der Waals surface area contributed by atoms with Gasteiger partial charge in [-0.15, -0.1) is 0 Å². The van der Waals surface area contributed by atoms with Crippen LogP contribution in [0, 0.1) is 23.2 Å². The maximum atomic E-state index is 6.02. The number of nitrogens with two attached hydrogens (primary N) is 1. The molecular weight excluding hydrogens is 134 g/mol. The van der Waals surface area contributed by atoms with Crippen molar-refractivity contribution in [3.63, 3.8) is 0 Å². The third kappa shape index (κ3) is 0.807. The van der Waals surface area contributed by atoms with E-state index in [0.717, 1.165) is 17.8 Å². The predicted octanol–water partition coefficient (Wildman–Crippen LogP) is 2.02. The number of fused-ring (bicyclic) bond motifs is 2. The van der Waals surface area contributed by atoms with Crippen molar-refractivity contribution in [3.05, 3.63) is 0 Å². The monoisotopic (exact) mass is 153 g/mol. The molecule has 64 valence electrons. The Hall–Kier alpha value is -0.0400. The van der Waals surface area contributed by atoms with Crippen LogP contribution >= 0.6 is 0 Å². The van der Waals surface area contributed by atoms with E-state index in [2.05, 4.69) is 20.8 Å². The molecule has 2 N–H and O–H groups in total. The zero-order chi connectivity index (χ0) is 8.22. The molecule has 3 rings (SSSR count). The van der Waals surface area contributed by atoms with Gasteiger partial charge in [0.2, 0.25) is 0 Å². The average Bonchev–Trinajstić information content (AvgIpc) is 1.93. The molecule has 11 heavy (non-hydrogen) atoms. The molecule has 0 heterocycles. The normalized spacial score (nSPS) is 53.5. The van der Waals surface area contributed by atoms with Gasteiger partial charge in [0.25, 0.3) is 0 Å². The molecule has 3 aliphatic rings. The quantitative estimate of drug-likeness (QED) is 0.566. The fourth-order valence-electron chi connectivity index (χ4n) is 3.19. The molecule has 1 heteroatoms. The van der Waals surface area contributed by atoms with Gasteiger partial charge in [-0.2, -0.15) is 0 Å². The third-order valence-corrected chi connectivity index (χ3v) is 4.41. The molecule has 3 fully saturated rings. The minimum Gasteiger partial charge on any atom is -0.327 e. The summed E-state index contributed by atoms with van der Waals surface area (Å²) >= 11 is 0. The summed E-state index contributed by atoms with van der Waals surface area (Å²) in [6, 6.07) is 0.492. The highest BCUT2D eigenvalue weighted by Gasteiger charge is 2.55. The van der Waals surface area contributed by atoms with Crippen molar-refractivity contribution in [2.45, 2.75) is 39.7 Å². The van der Waals surface area contributed by atoms with Crippen molar-refractivity contribution in [1.29, 1.82) is 0 Å². The topological polar surface area (TPSA) is 26.0 Å².